The Hall–Kier alpha value is -3.40. The SMILES string of the molecule is CCC(CC)c1ccc(-c2ccc(OCc3ccccc3)c(F)c2)cc1-n1ccc(C)n1. The molecule has 1 heterocycles. The third kappa shape index (κ3) is 4.75. The van der Waals surface area contributed by atoms with E-state index in [1.54, 1.807) is 12.1 Å². The molecule has 3 aromatic carbocycles. The Bertz CT molecular complexity index is 1180. The zero-order valence-electron chi connectivity index (χ0n) is 18.9. The van der Waals surface area contributed by atoms with Crippen LogP contribution in [-0.2, 0) is 6.61 Å². The summed E-state index contributed by atoms with van der Waals surface area (Å²) in [5.41, 5.74) is 6.07. The molecule has 4 rings (SSSR count). The molecule has 0 amide bonds. The van der Waals surface area contributed by atoms with Crippen LogP contribution in [0.25, 0.3) is 16.8 Å². The second kappa shape index (κ2) is 9.82. The van der Waals surface area contributed by atoms with Crippen LogP contribution < -0.4 is 4.74 Å². The first kappa shape index (κ1) is 21.8. The van der Waals surface area contributed by atoms with Crippen molar-refractivity contribution in [2.45, 2.75) is 46.1 Å². The van der Waals surface area contributed by atoms with Gasteiger partial charge in [-0.25, -0.2) is 9.07 Å². The molecule has 0 saturated carbocycles. The molecule has 4 aromatic rings. The van der Waals surface area contributed by atoms with E-state index in [0.717, 1.165) is 40.9 Å². The molecule has 0 radical (unpaired) electrons. The number of halogens is 1. The van der Waals surface area contributed by atoms with Gasteiger partial charge in [0.25, 0.3) is 0 Å². The van der Waals surface area contributed by atoms with Gasteiger partial charge in [0.1, 0.15) is 6.61 Å². The Morgan fingerprint density at radius 2 is 1.62 bits per heavy atom. The maximum Gasteiger partial charge on any atom is 0.165 e. The molecule has 0 N–H and O–H groups in total. The average molecular weight is 429 g/mol. The summed E-state index contributed by atoms with van der Waals surface area (Å²) in [6.45, 7) is 6.75. The first-order valence-electron chi connectivity index (χ1n) is 11.2. The van der Waals surface area contributed by atoms with Crippen molar-refractivity contribution < 1.29 is 9.13 Å². The van der Waals surface area contributed by atoms with Crippen LogP contribution in [0.2, 0.25) is 0 Å². The first-order valence-corrected chi connectivity index (χ1v) is 11.2. The summed E-state index contributed by atoms with van der Waals surface area (Å²) in [5.74, 6) is 0.349. The fourth-order valence-electron chi connectivity index (χ4n) is 4.08. The molecule has 0 aliphatic heterocycles. The van der Waals surface area contributed by atoms with Crippen molar-refractivity contribution in [1.29, 1.82) is 0 Å². The quantitative estimate of drug-likeness (QED) is 0.291. The van der Waals surface area contributed by atoms with Crippen LogP contribution in [0.4, 0.5) is 4.39 Å². The Morgan fingerprint density at radius 3 is 2.28 bits per heavy atom. The lowest BCUT2D eigenvalue weighted by Gasteiger charge is -2.19. The van der Waals surface area contributed by atoms with E-state index >= 15 is 0 Å². The van der Waals surface area contributed by atoms with Crippen LogP contribution in [0.5, 0.6) is 5.75 Å². The number of benzene rings is 3. The lowest BCUT2D eigenvalue weighted by atomic mass is 9.90. The van der Waals surface area contributed by atoms with E-state index in [0.29, 0.717) is 12.5 Å². The molecular weight excluding hydrogens is 399 g/mol. The summed E-state index contributed by atoms with van der Waals surface area (Å²) < 4.78 is 22.5. The van der Waals surface area contributed by atoms with E-state index in [-0.39, 0.29) is 11.6 Å². The molecule has 4 heteroatoms. The number of nitrogens with zero attached hydrogens (tertiary/aromatic N) is 2. The Labute approximate surface area is 189 Å². The summed E-state index contributed by atoms with van der Waals surface area (Å²) in [5, 5.41) is 4.63. The van der Waals surface area contributed by atoms with Crippen LogP contribution in [0.3, 0.4) is 0 Å². The van der Waals surface area contributed by atoms with Gasteiger partial charge in [-0.15, -0.1) is 0 Å². The van der Waals surface area contributed by atoms with Crippen LogP contribution in [0, 0.1) is 12.7 Å². The van der Waals surface area contributed by atoms with Gasteiger partial charge >= 0.3 is 0 Å². The van der Waals surface area contributed by atoms with Gasteiger partial charge in [-0.1, -0.05) is 62.4 Å². The normalized spacial score (nSPS) is 11.2. The molecule has 0 aliphatic carbocycles. The van der Waals surface area contributed by atoms with Crippen molar-refractivity contribution in [2.75, 3.05) is 0 Å². The Balaban J connectivity index is 1.65. The molecule has 0 atom stereocenters. The van der Waals surface area contributed by atoms with Crippen LogP contribution >= 0.6 is 0 Å². The average Bonchev–Trinajstić information content (AvgIpc) is 3.26. The fourth-order valence-corrected chi connectivity index (χ4v) is 4.08. The standard InChI is InChI=1S/C28H29FN2O/c1-4-22(5-2)25-13-11-24(18-27(25)31-16-15-20(3)30-31)23-12-14-28(26(29)17-23)32-19-21-9-7-6-8-10-21/h6-18,22H,4-5,19H2,1-3H3. The van der Waals surface area contributed by atoms with E-state index in [9.17, 15) is 4.39 Å². The highest BCUT2D eigenvalue weighted by molar-refractivity contribution is 5.68. The molecule has 0 fully saturated rings. The van der Waals surface area contributed by atoms with E-state index in [4.69, 9.17) is 4.74 Å². The van der Waals surface area contributed by atoms with Crippen molar-refractivity contribution in [3.63, 3.8) is 0 Å². The van der Waals surface area contributed by atoms with Gasteiger partial charge in [0.2, 0.25) is 0 Å². The van der Waals surface area contributed by atoms with Crippen molar-refractivity contribution in [2.24, 2.45) is 0 Å². The van der Waals surface area contributed by atoms with Crippen LogP contribution in [0.15, 0.2) is 79.0 Å². The second-order valence-electron chi connectivity index (χ2n) is 8.11. The molecule has 0 unspecified atom stereocenters. The Morgan fingerprint density at radius 1 is 0.906 bits per heavy atom. The highest BCUT2D eigenvalue weighted by atomic mass is 19.1. The third-order valence-electron chi connectivity index (χ3n) is 5.93. The minimum Gasteiger partial charge on any atom is -0.486 e. The summed E-state index contributed by atoms with van der Waals surface area (Å²) in [6, 6.07) is 23.3. The highest BCUT2D eigenvalue weighted by Crippen LogP contribution is 2.33. The van der Waals surface area contributed by atoms with Gasteiger partial charge < -0.3 is 4.74 Å². The van der Waals surface area contributed by atoms with Gasteiger partial charge in [0.05, 0.1) is 11.4 Å². The van der Waals surface area contributed by atoms with Crippen molar-refractivity contribution in [1.82, 2.24) is 9.78 Å². The molecule has 0 saturated heterocycles. The largest absolute Gasteiger partial charge is 0.486 e. The molecule has 0 aliphatic rings. The van der Waals surface area contributed by atoms with E-state index in [2.05, 4.69) is 37.1 Å². The zero-order valence-corrected chi connectivity index (χ0v) is 18.9. The highest BCUT2D eigenvalue weighted by Gasteiger charge is 2.16. The molecule has 1 aromatic heterocycles. The first-order chi connectivity index (χ1) is 15.6. The number of ether oxygens (including phenoxy) is 1. The second-order valence-corrected chi connectivity index (χ2v) is 8.11. The third-order valence-corrected chi connectivity index (χ3v) is 5.93. The minimum atomic E-state index is -0.362. The van der Waals surface area contributed by atoms with Gasteiger partial charge in [-0.2, -0.15) is 5.10 Å². The smallest absolute Gasteiger partial charge is 0.165 e. The van der Waals surface area contributed by atoms with Gasteiger partial charge in [0.15, 0.2) is 11.6 Å². The number of aryl methyl sites for hydroxylation is 1. The molecule has 164 valence electrons. The number of hydrogen-bond donors (Lipinski definition) is 0. The molecule has 32 heavy (non-hydrogen) atoms. The lowest BCUT2D eigenvalue weighted by molar-refractivity contribution is 0.290. The van der Waals surface area contributed by atoms with Gasteiger partial charge in [-0.05, 0) is 72.2 Å². The van der Waals surface area contributed by atoms with Crippen molar-refractivity contribution in [3.05, 3.63) is 102 Å². The molecule has 0 spiro atoms. The number of hydrogen-bond acceptors (Lipinski definition) is 2. The van der Waals surface area contributed by atoms with Crippen molar-refractivity contribution in [3.8, 4) is 22.6 Å². The van der Waals surface area contributed by atoms with Gasteiger partial charge in [-0.3, -0.25) is 0 Å². The van der Waals surface area contributed by atoms with E-state index in [1.165, 1.54) is 5.56 Å². The fraction of sp³-hybridized carbons (Fsp3) is 0.250. The minimum absolute atomic E-state index is 0.258. The van der Waals surface area contributed by atoms with Gasteiger partial charge in [0, 0.05) is 6.20 Å². The predicted molar refractivity (Wildman–Crippen MR) is 128 cm³/mol. The molecular formula is C28H29FN2O. The molecule has 0 bridgehead atoms. The summed E-state index contributed by atoms with van der Waals surface area (Å²) >= 11 is 0. The topological polar surface area (TPSA) is 27.1 Å². The monoisotopic (exact) mass is 428 g/mol. The maximum absolute atomic E-state index is 14.8. The summed E-state index contributed by atoms with van der Waals surface area (Å²) in [7, 11) is 0. The maximum atomic E-state index is 14.8. The van der Waals surface area contributed by atoms with Crippen molar-refractivity contribution >= 4 is 0 Å². The molecule has 3 nitrogen and oxygen atoms in total. The van der Waals surface area contributed by atoms with E-state index < -0.39 is 0 Å². The van der Waals surface area contributed by atoms with E-state index in [1.807, 2.05) is 60.3 Å². The number of aromatic nitrogens is 2. The Kier molecular flexibility index (Phi) is 6.69. The summed E-state index contributed by atoms with van der Waals surface area (Å²) in [6.07, 6.45) is 4.11. The lowest BCUT2D eigenvalue weighted by Crippen LogP contribution is -2.05. The van der Waals surface area contributed by atoms with Crippen LogP contribution in [-0.4, -0.2) is 9.78 Å². The number of rotatable bonds is 8. The summed E-state index contributed by atoms with van der Waals surface area (Å²) in [4.78, 5) is 0. The predicted octanol–water partition coefficient (Wildman–Crippen LogP) is 7.47. The van der Waals surface area contributed by atoms with Crippen LogP contribution in [0.1, 0.15) is 49.4 Å². The zero-order chi connectivity index (χ0) is 22.5.